The number of aromatic amines is 1. The van der Waals surface area contributed by atoms with Crippen LogP contribution in [0.4, 0.5) is 0 Å². The van der Waals surface area contributed by atoms with Crippen LogP contribution in [0.15, 0.2) is 27.6 Å². The summed E-state index contributed by atoms with van der Waals surface area (Å²) in [5.41, 5.74) is 0.590. The van der Waals surface area contributed by atoms with Crippen molar-refractivity contribution in [3.05, 3.63) is 28.4 Å². The zero-order chi connectivity index (χ0) is 17.3. The van der Waals surface area contributed by atoms with Crippen molar-refractivity contribution in [3.63, 3.8) is 0 Å². The molecule has 1 aliphatic heterocycles. The van der Waals surface area contributed by atoms with Crippen LogP contribution in [0.5, 0.6) is 0 Å². The molecule has 2 heterocycles. The molecule has 0 amide bonds. The highest BCUT2D eigenvalue weighted by Gasteiger charge is 2.34. The first-order chi connectivity index (χ1) is 11.4. The Kier molecular flexibility index (Phi) is 4.98. The van der Waals surface area contributed by atoms with E-state index in [2.05, 4.69) is 20.9 Å². The lowest BCUT2D eigenvalue weighted by atomic mass is 10.2. The van der Waals surface area contributed by atoms with E-state index in [1.165, 1.54) is 4.31 Å². The van der Waals surface area contributed by atoms with Crippen LogP contribution in [0.3, 0.4) is 0 Å². The zero-order valence-electron chi connectivity index (χ0n) is 13.3. The van der Waals surface area contributed by atoms with Crippen molar-refractivity contribution in [2.24, 2.45) is 0 Å². The number of rotatable bonds is 4. The van der Waals surface area contributed by atoms with Crippen LogP contribution in [-0.2, 0) is 14.8 Å². The van der Waals surface area contributed by atoms with Crippen molar-refractivity contribution in [2.45, 2.75) is 31.1 Å². The molecule has 0 aliphatic carbocycles. The third-order valence-electron chi connectivity index (χ3n) is 4.11. The SMILES string of the molecule is CCOC(=O)c1[nH]c2ccc(Br)cc2c1S(=O)(=O)N1CCCCC1. The van der Waals surface area contributed by atoms with Gasteiger partial charge in [0.15, 0.2) is 0 Å². The summed E-state index contributed by atoms with van der Waals surface area (Å²) in [5.74, 6) is -0.652. The second kappa shape index (κ2) is 6.85. The van der Waals surface area contributed by atoms with Crippen LogP contribution < -0.4 is 0 Å². The van der Waals surface area contributed by atoms with Gasteiger partial charge in [-0.2, -0.15) is 4.31 Å². The van der Waals surface area contributed by atoms with E-state index in [0.717, 1.165) is 23.7 Å². The number of carbonyl (C=O) groups is 1. The molecule has 0 radical (unpaired) electrons. The lowest BCUT2D eigenvalue weighted by Gasteiger charge is -2.26. The first-order valence-corrected chi connectivity index (χ1v) is 10.2. The van der Waals surface area contributed by atoms with Crippen LogP contribution >= 0.6 is 15.9 Å². The van der Waals surface area contributed by atoms with Crippen LogP contribution in [0, 0.1) is 0 Å². The molecule has 1 fully saturated rings. The van der Waals surface area contributed by atoms with Crippen molar-refractivity contribution in [1.29, 1.82) is 0 Å². The maximum Gasteiger partial charge on any atom is 0.356 e. The number of hydrogen-bond donors (Lipinski definition) is 1. The summed E-state index contributed by atoms with van der Waals surface area (Å²) in [7, 11) is -3.78. The van der Waals surface area contributed by atoms with E-state index in [0.29, 0.717) is 24.0 Å². The normalized spacial score (nSPS) is 16.4. The van der Waals surface area contributed by atoms with Gasteiger partial charge in [-0.05, 0) is 38.0 Å². The van der Waals surface area contributed by atoms with Gasteiger partial charge in [0, 0.05) is 28.5 Å². The molecule has 3 rings (SSSR count). The number of halogens is 1. The second-order valence-corrected chi connectivity index (χ2v) is 8.49. The topological polar surface area (TPSA) is 79.5 Å². The number of ether oxygens (including phenoxy) is 1. The number of nitrogens with one attached hydrogen (secondary N) is 1. The largest absolute Gasteiger partial charge is 0.461 e. The van der Waals surface area contributed by atoms with Gasteiger partial charge < -0.3 is 9.72 Å². The molecule has 6 nitrogen and oxygen atoms in total. The standard InChI is InChI=1S/C16H19BrN2O4S/c1-2-23-16(20)14-15(12-10-11(17)6-7-13(12)18-14)24(21,22)19-8-4-3-5-9-19/h6-7,10,18H,2-5,8-9H2,1H3. The molecule has 0 unspecified atom stereocenters. The third kappa shape index (κ3) is 3.10. The smallest absolute Gasteiger partial charge is 0.356 e. The van der Waals surface area contributed by atoms with Crippen molar-refractivity contribution in [3.8, 4) is 0 Å². The van der Waals surface area contributed by atoms with Crippen molar-refractivity contribution in [2.75, 3.05) is 19.7 Å². The highest BCUT2D eigenvalue weighted by molar-refractivity contribution is 9.10. The predicted molar refractivity (Wildman–Crippen MR) is 94.6 cm³/mol. The Morgan fingerprint density at radius 3 is 2.67 bits per heavy atom. The Morgan fingerprint density at radius 1 is 1.29 bits per heavy atom. The quantitative estimate of drug-likeness (QED) is 0.778. The molecule has 1 aromatic carbocycles. The van der Waals surface area contributed by atoms with E-state index in [1.54, 1.807) is 25.1 Å². The lowest BCUT2D eigenvalue weighted by molar-refractivity contribution is 0.0516. The number of piperidine rings is 1. The zero-order valence-corrected chi connectivity index (χ0v) is 15.7. The molecule has 1 aromatic heterocycles. The number of aromatic nitrogens is 1. The van der Waals surface area contributed by atoms with Crippen LogP contribution in [0.25, 0.3) is 10.9 Å². The minimum absolute atomic E-state index is 0.00414. The summed E-state index contributed by atoms with van der Waals surface area (Å²) in [6.45, 7) is 2.83. The number of sulfonamides is 1. The number of fused-ring (bicyclic) bond motifs is 1. The predicted octanol–water partition coefficient (Wildman–Crippen LogP) is 3.28. The monoisotopic (exact) mass is 414 g/mol. The summed E-state index contributed by atoms with van der Waals surface area (Å²) >= 11 is 3.37. The van der Waals surface area contributed by atoms with Gasteiger partial charge in [-0.3, -0.25) is 0 Å². The van der Waals surface area contributed by atoms with E-state index in [9.17, 15) is 13.2 Å². The van der Waals surface area contributed by atoms with Gasteiger partial charge in [-0.1, -0.05) is 22.4 Å². The van der Waals surface area contributed by atoms with E-state index in [4.69, 9.17) is 4.74 Å². The van der Waals surface area contributed by atoms with Gasteiger partial charge in [0.25, 0.3) is 0 Å². The minimum atomic E-state index is -3.78. The molecule has 130 valence electrons. The summed E-state index contributed by atoms with van der Waals surface area (Å²) < 4.78 is 33.6. The number of benzene rings is 1. The van der Waals surface area contributed by atoms with Crippen LogP contribution in [-0.4, -0.2) is 43.4 Å². The van der Waals surface area contributed by atoms with Crippen LogP contribution in [0.1, 0.15) is 36.7 Å². The Hall–Kier alpha value is -1.38. The van der Waals surface area contributed by atoms with Gasteiger partial charge in [-0.15, -0.1) is 0 Å². The van der Waals surface area contributed by atoms with Crippen molar-refractivity contribution < 1.29 is 17.9 Å². The molecular formula is C16H19BrN2O4S. The molecule has 8 heteroatoms. The summed E-state index contributed by atoms with van der Waals surface area (Å²) in [6, 6.07) is 5.26. The highest BCUT2D eigenvalue weighted by Crippen LogP contribution is 2.33. The van der Waals surface area contributed by atoms with Gasteiger partial charge >= 0.3 is 5.97 Å². The molecule has 1 saturated heterocycles. The Balaban J connectivity index is 2.21. The summed E-state index contributed by atoms with van der Waals surface area (Å²) in [5, 5.41) is 0.498. The van der Waals surface area contributed by atoms with Crippen molar-refractivity contribution in [1.82, 2.24) is 9.29 Å². The third-order valence-corrected chi connectivity index (χ3v) is 6.58. The molecule has 0 atom stereocenters. The maximum atomic E-state index is 13.2. The molecule has 0 bridgehead atoms. The fraction of sp³-hybridized carbons (Fsp3) is 0.438. The molecule has 0 spiro atoms. The van der Waals surface area contributed by atoms with Gasteiger partial charge in [0.2, 0.25) is 10.0 Å². The van der Waals surface area contributed by atoms with Gasteiger partial charge in [-0.25, -0.2) is 13.2 Å². The molecule has 1 aliphatic rings. The average molecular weight is 415 g/mol. The summed E-state index contributed by atoms with van der Waals surface area (Å²) in [4.78, 5) is 15.2. The number of hydrogen-bond acceptors (Lipinski definition) is 4. The first-order valence-electron chi connectivity index (χ1n) is 7.93. The van der Waals surface area contributed by atoms with Crippen LogP contribution in [0.2, 0.25) is 0 Å². The maximum absolute atomic E-state index is 13.2. The lowest BCUT2D eigenvalue weighted by Crippen LogP contribution is -2.36. The average Bonchev–Trinajstić information content (AvgIpc) is 2.95. The number of carbonyl (C=O) groups excluding carboxylic acids is 1. The van der Waals surface area contributed by atoms with E-state index >= 15 is 0 Å². The Bertz CT molecular complexity index is 870. The number of esters is 1. The van der Waals surface area contributed by atoms with Crippen molar-refractivity contribution >= 4 is 42.8 Å². The molecular weight excluding hydrogens is 396 g/mol. The van der Waals surface area contributed by atoms with E-state index in [-0.39, 0.29) is 17.2 Å². The highest BCUT2D eigenvalue weighted by atomic mass is 79.9. The number of H-pyrrole nitrogens is 1. The fourth-order valence-electron chi connectivity index (χ4n) is 2.99. The molecule has 0 saturated carbocycles. The van der Waals surface area contributed by atoms with Gasteiger partial charge in [0.05, 0.1) is 6.61 Å². The fourth-order valence-corrected chi connectivity index (χ4v) is 5.19. The van der Waals surface area contributed by atoms with E-state index in [1.807, 2.05) is 0 Å². The second-order valence-electron chi connectivity index (χ2n) is 5.70. The van der Waals surface area contributed by atoms with Gasteiger partial charge in [0.1, 0.15) is 10.6 Å². The minimum Gasteiger partial charge on any atom is -0.461 e. The molecule has 24 heavy (non-hydrogen) atoms. The summed E-state index contributed by atoms with van der Waals surface area (Å²) in [6.07, 6.45) is 2.69. The first kappa shape index (κ1) is 17.4. The Morgan fingerprint density at radius 2 is 2.00 bits per heavy atom. The Labute approximate surface area is 149 Å². The molecule has 2 aromatic rings. The molecule has 1 N–H and O–H groups in total. The van der Waals surface area contributed by atoms with E-state index < -0.39 is 16.0 Å². The number of nitrogens with zero attached hydrogens (tertiary/aromatic N) is 1.